The van der Waals surface area contributed by atoms with Crippen molar-refractivity contribution >= 4 is 31.9 Å². The summed E-state index contributed by atoms with van der Waals surface area (Å²) in [6.07, 6.45) is 1.34. The molecule has 148 valence electrons. The highest BCUT2D eigenvalue weighted by Crippen LogP contribution is 2.37. The number of nitrogens with zero attached hydrogens (tertiary/aromatic N) is 4. The van der Waals surface area contributed by atoms with Gasteiger partial charge in [0, 0.05) is 5.92 Å². The van der Waals surface area contributed by atoms with Crippen molar-refractivity contribution in [2.45, 2.75) is 19.8 Å². The van der Waals surface area contributed by atoms with E-state index in [9.17, 15) is 14.4 Å². The standard InChI is InChI=1S/C17H12Br2N6O4/c1-7(2)13-16(27)21-6-12(22-13)29-14-9(18)3-8(4-10(14)19)25-17(28)23-15(26)11(5-20)24-25/h3-4,6-7H,1-2H3,(H,21,27)(H,23,26,28). The van der Waals surface area contributed by atoms with Gasteiger partial charge in [-0.3, -0.25) is 14.6 Å². The van der Waals surface area contributed by atoms with E-state index in [0.717, 1.165) is 4.68 Å². The van der Waals surface area contributed by atoms with Crippen molar-refractivity contribution < 1.29 is 4.74 Å². The summed E-state index contributed by atoms with van der Waals surface area (Å²) in [5.41, 5.74) is -1.80. The van der Waals surface area contributed by atoms with Crippen LogP contribution in [0, 0.1) is 11.3 Å². The maximum absolute atomic E-state index is 12.1. The first-order chi connectivity index (χ1) is 13.7. The van der Waals surface area contributed by atoms with Gasteiger partial charge >= 0.3 is 5.69 Å². The van der Waals surface area contributed by atoms with E-state index in [1.54, 1.807) is 6.07 Å². The molecular formula is C17H12Br2N6O4. The monoisotopic (exact) mass is 522 g/mol. The molecule has 3 aromatic rings. The van der Waals surface area contributed by atoms with Crippen LogP contribution in [-0.4, -0.2) is 24.7 Å². The SMILES string of the molecule is CC(C)c1nc(Oc2c(Br)cc(-n3nc(C#N)c(=O)[nH]c3=O)cc2Br)c[nH]c1=O. The second kappa shape index (κ2) is 8.14. The Bertz CT molecular complexity index is 1300. The molecule has 0 fully saturated rings. The Balaban J connectivity index is 2.05. The highest BCUT2D eigenvalue weighted by molar-refractivity contribution is 9.11. The predicted molar refractivity (Wildman–Crippen MR) is 110 cm³/mol. The van der Waals surface area contributed by atoms with Crippen LogP contribution in [0.3, 0.4) is 0 Å². The van der Waals surface area contributed by atoms with Crippen LogP contribution >= 0.6 is 31.9 Å². The zero-order valence-corrected chi connectivity index (χ0v) is 18.2. The summed E-state index contributed by atoms with van der Waals surface area (Å²) in [5.74, 6) is 0.415. The Morgan fingerprint density at radius 2 is 1.83 bits per heavy atom. The average Bonchev–Trinajstić information content (AvgIpc) is 2.65. The van der Waals surface area contributed by atoms with Crippen molar-refractivity contribution in [2.75, 3.05) is 0 Å². The third-order valence-electron chi connectivity index (χ3n) is 3.70. The topological polar surface area (TPSA) is 147 Å². The van der Waals surface area contributed by atoms with E-state index in [0.29, 0.717) is 20.4 Å². The Morgan fingerprint density at radius 3 is 2.41 bits per heavy atom. The fourth-order valence-electron chi connectivity index (χ4n) is 2.37. The average molecular weight is 524 g/mol. The molecule has 0 saturated heterocycles. The second-order valence-electron chi connectivity index (χ2n) is 6.08. The van der Waals surface area contributed by atoms with Gasteiger partial charge in [0.25, 0.3) is 11.1 Å². The van der Waals surface area contributed by atoms with Crippen LogP contribution in [0.4, 0.5) is 0 Å². The van der Waals surface area contributed by atoms with Crippen LogP contribution in [0.15, 0.2) is 41.7 Å². The molecule has 0 bridgehead atoms. The van der Waals surface area contributed by atoms with Gasteiger partial charge < -0.3 is 9.72 Å². The normalized spacial score (nSPS) is 10.8. The maximum Gasteiger partial charge on any atom is 0.349 e. The Kier molecular flexibility index (Phi) is 5.81. The van der Waals surface area contributed by atoms with E-state index in [2.05, 4.69) is 46.9 Å². The fourth-order valence-corrected chi connectivity index (χ4v) is 3.69. The maximum atomic E-state index is 12.1. The Hall–Kier alpha value is -3.04. The van der Waals surface area contributed by atoms with Crippen LogP contribution < -0.4 is 21.5 Å². The molecule has 2 heterocycles. The van der Waals surface area contributed by atoms with Crippen LogP contribution in [-0.2, 0) is 0 Å². The minimum atomic E-state index is -0.864. The van der Waals surface area contributed by atoms with Gasteiger partial charge in [0.05, 0.1) is 20.8 Å². The summed E-state index contributed by atoms with van der Waals surface area (Å²) in [6.45, 7) is 3.68. The van der Waals surface area contributed by atoms with E-state index < -0.39 is 16.9 Å². The predicted octanol–water partition coefficient (Wildman–Crippen LogP) is 2.32. The van der Waals surface area contributed by atoms with Gasteiger partial charge in [0.1, 0.15) is 11.8 Å². The number of aromatic nitrogens is 5. The number of aromatic amines is 2. The zero-order valence-electron chi connectivity index (χ0n) is 15.0. The second-order valence-corrected chi connectivity index (χ2v) is 7.79. The van der Waals surface area contributed by atoms with Crippen molar-refractivity contribution in [2.24, 2.45) is 0 Å². The number of nitriles is 1. The lowest BCUT2D eigenvalue weighted by atomic mass is 10.1. The van der Waals surface area contributed by atoms with Crippen molar-refractivity contribution in [1.82, 2.24) is 24.7 Å². The van der Waals surface area contributed by atoms with Gasteiger partial charge in [0.2, 0.25) is 11.6 Å². The number of rotatable bonds is 4. The van der Waals surface area contributed by atoms with Gasteiger partial charge in [-0.15, -0.1) is 5.10 Å². The van der Waals surface area contributed by atoms with Crippen LogP contribution in [0.2, 0.25) is 0 Å². The van der Waals surface area contributed by atoms with Crippen LogP contribution in [0.5, 0.6) is 11.6 Å². The Labute approximate surface area is 179 Å². The first-order valence-electron chi connectivity index (χ1n) is 8.12. The van der Waals surface area contributed by atoms with Crippen LogP contribution in [0.25, 0.3) is 5.69 Å². The molecule has 2 aromatic heterocycles. The molecule has 1 aromatic carbocycles. The molecule has 10 nitrogen and oxygen atoms in total. The minimum Gasteiger partial charge on any atom is -0.435 e. The first kappa shape index (κ1) is 20.7. The molecule has 0 saturated carbocycles. The number of hydrogen-bond donors (Lipinski definition) is 2. The lowest BCUT2D eigenvalue weighted by molar-refractivity contribution is 0.449. The molecule has 0 radical (unpaired) electrons. The van der Waals surface area contributed by atoms with Crippen LogP contribution in [0.1, 0.15) is 31.2 Å². The van der Waals surface area contributed by atoms with Crippen molar-refractivity contribution in [3.8, 4) is 23.4 Å². The van der Waals surface area contributed by atoms with Gasteiger partial charge in [-0.05, 0) is 44.0 Å². The molecule has 0 aliphatic rings. The molecular weight excluding hydrogens is 512 g/mol. The number of ether oxygens (including phenoxy) is 1. The largest absolute Gasteiger partial charge is 0.435 e. The number of hydrogen-bond acceptors (Lipinski definition) is 7. The number of benzene rings is 1. The summed E-state index contributed by atoms with van der Waals surface area (Å²) in [5, 5.41) is 12.7. The summed E-state index contributed by atoms with van der Waals surface area (Å²) in [6, 6.07) is 4.66. The molecule has 0 atom stereocenters. The summed E-state index contributed by atoms with van der Waals surface area (Å²) in [7, 11) is 0. The number of halogens is 2. The fraction of sp³-hybridized carbons (Fsp3) is 0.176. The third kappa shape index (κ3) is 4.20. The summed E-state index contributed by atoms with van der Waals surface area (Å²) in [4.78, 5) is 44.3. The molecule has 29 heavy (non-hydrogen) atoms. The smallest absolute Gasteiger partial charge is 0.349 e. The van der Waals surface area contributed by atoms with Crippen molar-refractivity contribution in [3.63, 3.8) is 0 Å². The Morgan fingerprint density at radius 1 is 1.17 bits per heavy atom. The lowest BCUT2D eigenvalue weighted by Gasteiger charge is -2.13. The van der Waals surface area contributed by atoms with E-state index in [1.165, 1.54) is 18.3 Å². The highest BCUT2D eigenvalue weighted by atomic mass is 79.9. The molecule has 0 aliphatic carbocycles. The summed E-state index contributed by atoms with van der Waals surface area (Å²) < 4.78 is 7.52. The highest BCUT2D eigenvalue weighted by Gasteiger charge is 2.16. The third-order valence-corrected chi connectivity index (χ3v) is 4.88. The summed E-state index contributed by atoms with van der Waals surface area (Å²) >= 11 is 6.71. The van der Waals surface area contributed by atoms with Gasteiger partial charge in [-0.1, -0.05) is 13.8 Å². The van der Waals surface area contributed by atoms with E-state index in [4.69, 9.17) is 10.00 Å². The molecule has 3 rings (SSSR count). The zero-order chi connectivity index (χ0) is 21.3. The first-order valence-corrected chi connectivity index (χ1v) is 9.70. The number of H-pyrrole nitrogens is 2. The lowest BCUT2D eigenvalue weighted by Crippen LogP contribution is -2.33. The molecule has 0 amide bonds. The molecule has 0 spiro atoms. The number of nitrogens with one attached hydrogen (secondary N) is 2. The van der Waals surface area contributed by atoms with Crippen molar-refractivity contribution in [1.29, 1.82) is 5.26 Å². The van der Waals surface area contributed by atoms with E-state index in [1.807, 2.05) is 18.8 Å². The molecule has 12 heteroatoms. The van der Waals surface area contributed by atoms with Gasteiger partial charge in [-0.2, -0.15) is 9.94 Å². The van der Waals surface area contributed by atoms with Gasteiger partial charge in [0.15, 0.2) is 5.75 Å². The molecule has 0 unspecified atom stereocenters. The van der Waals surface area contributed by atoms with E-state index in [-0.39, 0.29) is 23.0 Å². The molecule has 0 aliphatic heterocycles. The molecule has 2 N–H and O–H groups in total. The van der Waals surface area contributed by atoms with E-state index >= 15 is 0 Å². The van der Waals surface area contributed by atoms with Gasteiger partial charge in [-0.25, -0.2) is 9.78 Å². The van der Waals surface area contributed by atoms with Crippen molar-refractivity contribution in [3.05, 3.63) is 69.9 Å². The minimum absolute atomic E-state index is 0.0935. The quantitative estimate of drug-likeness (QED) is 0.533.